The average molecular weight is 285 g/mol. The number of rotatable bonds is 1. The molecule has 1 aliphatic heterocycles. The minimum Gasteiger partial charge on any atom is -0.296 e. The molecule has 1 aliphatic rings. The van der Waals surface area contributed by atoms with Crippen LogP contribution in [0.15, 0.2) is 12.1 Å². The fourth-order valence-electron chi connectivity index (χ4n) is 2.72. The monoisotopic (exact) mass is 285 g/mol. The third-order valence-electron chi connectivity index (χ3n) is 3.69. The van der Waals surface area contributed by atoms with Gasteiger partial charge in [0.15, 0.2) is 0 Å². The maximum atomic E-state index is 14.2. The van der Waals surface area contributed by atoms with E-state index in [1.54, 1.807) is 7.05 Å². The number of fused-ring (bicyclic) bond motifs is 1. The molecule has 0 aliphatic carbocycles. The summed E-state index contributed by atoms with van der Waals surface area (Å²) in [5.74, 6) is 0.605. The standard InChI is InChI=1S/C15H12FN3O2/c1-3-8-4-6-10(16)12-13(18-19(2)14(8)12)9-5-7-11(20)17-15(9)21/h1,4,6,9H,5,7H2,2H3,(H,17,20,21). The van der Waals surface area contributed by atoms with Crippen molar-refractivity contribution in [1.29, 1.82) is 0 Å². The number of carbonyl (C=O) groups is 2. The number of imide groups is 1. The summed E-state index contributed by atoms with van der Waals surface area (Å²) in [6.07, 6.45) is 5.96. The van der Waals surface area contributed by atoms with Crippen LogP contribution in [0.25, 0.3) is 10.9 Å². The Balaban J connectivity index is 2.23. The van der Waals surface area contributed by atoms with Crippen LogP contribution >= 0.6 is 0 Å². The number of amides is 2. The van der Waals surface area contributed by atoms with Crippen LogP contribution in [0.5, 0.6) is 0 Å². The van der Waals surface area contributed by atoms with Gasteiger partial charge in [0.05, 0.1) is 28.1 Å². The fraction of sp³-hybridized carbons (Fsp3) is 0.267. The van der Waals surface area contributed by atoms with Gasteiger partial charge >= 0.3 is 0 Å². The first-order valence-electron chi connectivity index (χ1n) is 6.48. The van der Waals surface area contributed by atoms with Crippen LogP contribution in [-0.2, 0) is 16.6 Å². The molecule has 1 fully saturated rings. The highest BCUT2D eigenvalue weighted by Crippen LogP contribution is 2.32. The number of halogens is 1. The van der Waals surface area contributed by atoms with Crippen molar-refractivity contribution in [3.63, 3.8) is 0 Å². The highest BCUT2D eigenvalue weighted by atomic mass is 19.1. The van der Waals surface area contributed by atoms with Crippen LogP contribution in [0.2, 0.25) is 0 Å². The predicted octanol–water partition coefficient (Wildman–Crippen LogP) is 1.21. The fourth-order valence-corrected chi connectivity index (χ4v) is 2.72. The topological polar surface area (TPSA) is 64.0 Å². The second kappa shape index (κ2) is 4.70. The molecule has 0 spiro atoms. The smallest absolute Gasteiger partial charge is 0.235 e. The van der Waals surface area contributed by atoms with E-state index in [4.69, 9.17) is 6.42 Å². The van der Waals surface area contributed by atoms with Crippen molar-refractivity contribution in [2.24, 2.45) is 7.05 Å². The molecule has 0 saturated carbocycles. The van der Waals surface area contributed by atoms with E-state index in [2.05, 4.69) is 16.3 Å². The number of nitrogens with one attached hydrogen (secondary N) is 1. The first-order valence-corrected chi connectivity index (χ1v) is 6.48. The summed E-state index contributed by atoms with van der Waals surface area (Å²) in [5, 5.41) is 6.78. The lowest BCUT2D eigenvalue weighted by Crippen LogP contribution is -2.39. The molecule has 3 rings (SSSR count). The Morgan fingerprint density at radius 1 is 1.48 bits per heavy atom. The summed E-state index contributed by atoms with van der Waals surface area (Å²) in [6, 6.07) is 2.78. The lowest BCUT2D eigenvalue weighted by Gasteiger charge is -2.19. The third-order valence-corrected chi connectivity index (χ3v) is 3.69. The molecule has 1 aromatic heterocycles. The number of aromatic nitrogens is 2. The van der Waals surface area contributed by atoms with E-state index < -0.39 is 17.6 Å². The minimum atomic E-state index is -0.645. The molecule has 1 aromatic carbocycles. The van der Waals surface area contributed by atoms with Crippen LogP contribution in [0, 0.1) is 18.2 Å². The molecule has 1 unspecified atom stereocenters. The van der Waals surface area contributed by atoms with E-state index in [0.29, 0.717) is 23.2 Å². The maximum Gasteiger partial charge on any atom is 0.235 e. The first kappa shape index (κ1) is 13.3. The summed E-state index contributed by atoms with van der Waals surface area (Å²) in [4.78, 5) is 23.2. The van der Waals surface area contributed by atoms with Crippen LogP contribution in [-0.4, -0.2) is 21.6 Å². The van der Waals surface area contributed by atoms with Gasteiger partial charge in [-0.25, -0.2) is 4.39 Å². The van der Waals surface area contributed by atoms with Gasteiger partial charge in [-0.15, -0.1) is 6.42 Å². The molecule has 2 aromatic rings. The molecule has 0 radical (unpaired) electrons. The lowest BCUT2D eigenvalue weighted by molar-refractivity contribution is -0.134. The number of benzene rings is 1. The number of aryl methyl sites for hydroxylation is 1. The zero-order chi connectivity index (χ0) is 15.1. The Labute approximate surface area is 120 Å². The number of terminal acetylenes is 1. The van der Waals surface area contributed by atoms with Crippen molar-refractivity contribution in [3.8, 4) is 12.3 Å². The summed E-state index contributed by atoms with van der Waals surface area (Å²) < 4.78 is 15.7. The Bertz CT molecular complexity index is 816. The van der Waals surface area contributed by atoms with Crippen molar-refractivity contribution >= 4 is 22.7 Å². The van der Waals surface area contributed by atoms with E-state index in [0.717, 1.165) is 0 Å². The normalized spacial score (nSPS) is 18.6. The predicted molar refractivity (Wildman–Crippen MR) is 73.7 cm³/mol. The van der Waals surface area contributed by atoms with Crippen LogP contribution in [0.1, 0.15) is 30.0 Å². The largest absolute Gasteiger partial charge is 0.296 e. The quantitative estimate of drug-likeness (QED) is 0.633. The number of hydrogen-bond acceptors (Lipinski definition) is 3. The van der Waals surface area contributed by atoms with Crippen LogP contribution in [0.4, 0.5) is 4.39 Å². The number of hydrogen-bond donors (Lipinski definition) is 1. The van der Waals surface area contributed by atoms with Crippen molar-refractivity contribution in [1.82, 2.24) is 15.1 Å². The van der Waals surface area contributed by atoms with Crippen LogP contribution in [0.3, 0.4) is 0 Å². The zero-order valence-corrected chi connectivity index (χ0v) is 11.3. The van der Waals surface area contributed by atoms with Gasteiger partial charge < -0.3 is 0 Å². The molecule has 1 saturated heterocycles. The van der Waals surface area contributed by atoms with Crippen LogP contribution < -0.4 is 5.32 Å². The lowest BCUT2D eigenvalue weighted by atomic mass is 9.92. The third kappa shape index (κ3) is 1.98. The summed E-state index contributed by atoms with van der Waals surface area (Å²) in [7, 11) is 1.65. The minimum absolute atomic E-state index is 0.213. The molecule has 2 heterocycles. The van der Waals surface area contributed by atoms with E-state index in [1.807, 2.05) is 0 Å². The summed E-state index contributed by atoms with van der Waals surface area (Å²) in [6.45, 7) is 0. The Morgan fingerprint density at radius 2 is 2.24 bits per heavy atom. The highest BCUT2D eigenvalue weighted by Gasteiger charge is 2.32. The molecule has 1 atom stereocenters. The van der Waals surface area contributed by atoms with Gasteiger partial charge in [0.1, 0.15) is 5.82 Å². The van der Waals surface area contributed by atoms with Gasteiger partial charge in [-0.2, -0.15) is 5.10 Å². The first-order chi connectivity index (χ1) is 10.0. The van der Waals surface area contributed by atoms with Gasteiger partial charge in [-0.05, 0) is 18.6 Å². The molecule has 21 heavy (non-hydrogen) atoms. The van der Waals surface area contributed by atoms with Crippen molar-refractivity contribution in [2.45, 2.75) is 18.8 Å². The van der Waals surface area contributed by atoms with E-state index >= 15 is 0 Å². The Morgan fingerprint density at radius 3 is 2.90 bits per heavy atom. The Hall–Kier alpha value is -2.68. The Kier molecular flexibility index (Phi) is 2.98. The summed E-state index contributed by atoms with van der Waals surface area (Å²) >= 11 is 0. The second-order valence-corrected chi connectivity index (χ2v) is 4.98. The SMILES string of the molecule is C#Cc1ccc(F)c2c(C3CCC(=O)NC3=O)nn(C)c12. The maximum absolute atomic E-state index is 14.2. The number of piperidine rings is 1. The molecule has 0 bridgehead atoms. The van der Waals surface area contributed by atoms with Crippen molar-refractivity contribution < 1.29 is 14.0 Å². The van der Waals surface area contributed by atoms with Gasteiger partial charge in [0.2, 0.25) is 11.8 Å². The molecule has 6 heteroatoms. The molecule has 106 valence electrons. The highest BCUT2D eigenvalue weighted by molar-refractivity contribution is 6.03. The average Bonchev–Trinajstić information content (AvgIpc) is 2.78. The zero-order valence-electron chi connectivity index (χ0n) is 11.3. The molecular weight excluding hydrogens is 273 g/mol. The number of nitrogens with zero attached hydrogens (tertiary/aromatic N) is 2. The van der Waals surface area contributed by atoms with E-state index in [9.17, 15) is 14.0 Å². The molecule has 5 nitrogen and oxygen atoms in total. The van der Waals surface area contributed by atoms with E-state index in [-0.39, 0.29) is 17.7 Å². The van der Waals surface area contributed by atoms with Crippen molar-refractivity contribution in [3.05, 3.63) is 29.2 Å². The van der Waals surface area contributed by atoms with Gasteiger partial charge in [-0.1, -0.05) is 5.92 Å². The van der Waals surface area contributed by atoms with Gasteiger partial charge in [-0.3, -0.25) is 19.6 Å². The van der Waals surface area contributed by atoms with Gasteiger partial charge in [0, 0.05) is 13.5 Å². The molecule has 2 amide bonds. The molecular formula is C15H12FN3O2. The molecule has 1 N–H and O–H groups in total. The summed E-state index contributed by atoms with van der Waals surface area (Å²) in [5.41, 5.74) is 1.32. The van der Waals surface area contributed by atoms with Gasteiger partial charge in [0.25, 0.3) is 0 Å². The van der Waals surface area contributed by atoms with E-state index in [1.165, 1.54) is 16.8 Å². The number of carbonyl (C=O) groups excluding carboxylic acids is 2. The second-order valence-electron chi connectivity index (χ2n) is 4.98. The van der Waals surface area contributed by atoms with Crippen molar-refractivity contribution in [2.75, 3.05) is 0 Å².